The Labute approximate surface area is 144 Å². The zero-order valence-corrected chi connectivity index (χ0v) is 17.4. The van der Waals surface area contributed by atoms with E-state index in [0.29, 0.717) is 11.8 Å². The Morgan fingerprint density at radius 1 is 0.826 bits per heavy atom. The molecule has 0 aromatic rings. The van der Waals surface area contributed by atoms with Gasteiger partial charge in [-0.2, -0.15) is 0 Å². The minimum atomic E-state index is -3.91. The molecule has 4 nitrogen and oxygen atoms in total. The van der Waals surface area contributed by atoms with Crippen LogP contribution in [0, 0.1) is 22.7 Å². The van der Waals surface area contributed by atoms with Gasteiger partial charge in [0.15, 0.2) is 0 Å². The van der Waals surface area contributed by atoms with Crippen LogP contribution >= 0.6 is 7.82 Å². The van der Waals surface area contributed by atoms with Gasteiger partial charge in [-0.05, 0) is 48.3 Å². The second-order valence-corrected chi connectivity index (χ2v) is 10.9. The van der Waals surface area contributed by atoms with Crippen LogP contribution in [0.1, 0.15) is 81.1 Å². The van der Waals surface area contributed by atoms with Crippen molar-refractivity contribution in [3.05, 3.63) is 0 Å². The summed E-state index contributed by atoms with van der Waals surface area (Å²) < 4.78 is 22.0. The maximum atomic E-state index is 11.9. The molecule has 0 rings (SSSR count). The molecule has 0 aliphatic heterocycles. The Kier molecular flexibility index (Phi) is 9.60. The molecule has 23 heavy (non-hydrogen) atoms. The first-order valence-corrected chi connectivity index (χ1v) is 10.3. The first-order chi connectivity index (χ1) is 10.2. The molecule has 0 bridgehead atoms. The fraction of sp³-hybridized carbons (Fsp3) is 1.00. The molecule has 5 heteroatoms. The van der Waals surface area contributed by atoms with Gasteiger partial charge in [0.1, 0.15) is 0 Å². The molecule has 0 saturated heterocycles. The van der Waals surface area contributed by atoms with Crippen molar-refractivity contribution in [1.82, 2.24) is 0 Å². The zero-order chi connectivity index (χ0) is 18.3. The SMILES string of the molecule is CC(CCOP(=O)(O)OCCC(C)CC(C)(C)C)CC(C)(C)C. The van der Waals surface area contributed by atoms with E-state index in [2.05, 4.69) is 55.4 Å². The summed E-state index contributed by atoms with van der Waals surface area (Å²) in [5.74, 6) is 0.920. The van der Waals surface area contributed by atoms with Crippen molar-refractivity contribution in [3.8, 4) is 0 Å². The smallest absolute Gasteiger partial charge is 0.302 e. The monoisotopic (exact) mass is 350 g/mol. The fourth-order valence-corrected chi connectivity index (χ4v) is 3.82. The molecule has 140 valence electrons. The van der Waals surface area contributed by atoms with Gasteiger partial charge < -0.3 is 4.89 Å². The fourth-order valence-electron chi connectivity index (χ4n) is 3.07. The van der Waals surface area contributed by atoms with Crippen LogP contribution in [0.5, 0.6) is 0 Å². The van der Waals surface area contributed by atoms with Gasteiger partial charge in [0.2, 0.25) is 0 Å². The van der Waals surface area contributed by atoms with Crippen molar-refractivity contribution in [3.63, 3.8) is 0 Å². The third-order valence-corrected chi connectivity index (χ3v) is 4.67. The van der Waals surface area contributed by atoms with Gasteiger partial charge in [-0.25, -0.2) is 4.57 Å². The molecule has 1 N–H and O–H groups in total. The summed E-state index contributed by atoms with van der Waals surface area (Å²) in [7, 11) is -3.91. The van der Waals surface area contributed by atoms with Crippen LogP contribution in [0.25, 0.3) is 0 Å². The van der Waals surface area contributed by atoms with E-state index in [1.807, 2.05) is 0 Å². The van der Waals surface area contributed by atoms with Crippen molar-refractivity contribution in [2.24, 2.45) is 22.7 Å². The molecule has 2 atom stereocenters. The minimum Gasteiger partial charge on any atom is -0.302 e. The molecule has 0 aromatic carbocycles. The molecule has 0 fully saturated rings. The second-order valence-electron chi connectivity index (χ2n) is 9.45. The molecule has 0 amide bonds. The summed E-state index contributed by atoms with van der Waals surface area (Å²) in [5.41, 5.74) is 0.532. The molecular formula is C18H39O4P. The van der Waals surface area contributed by atoms with Crippen LogP contribution in [0.15, 0.2) is 0 Å². The average Bonchev–Trinajstić information content (AvgIpc) is 2.22. The summed E-state index contributed by atoms with van der Waals surface area (Å²) in [6.07, 6.45) is 3.67. The number of hydrogen-bond donors (Lipinski definition) is 1. The zero-order valence-electron chi connectivity index (χ0n) is 16.5. The largest absolute Gasteiger partial charge is 0.472 e. The van der Waals surface area contributed by atoms with Crippen LogP contribution in [0.3, 0.4) is 0 Å². The van der Waals surface area contributed by atoms with Gasteiger partial charge >= 0.3 is 7.82 Å². The van der Waals surface area contributed by atoms with Crippen molar-refractivity contribution in [2.45, 2.75) is 81.1 Å². The third-order valence-electron chi connectivity index (χ3n) is 3.65. The molecular weight excluding hydrogens is 311 g/mol. The van der Waals surface area contributed by atoms with Gasteiger partial charge in [0, 0.05) is 0 Å². The molecule has 0 aliphatic rings. The highest BCUT2D eigenvalue weighted by molar-refractivity contribution is 7.47. The lowest BCUT2D eigenvalue weighted by atomic mass is 9.84. The third kappa shape index (κ3) is 15.4. The molecule has 0 aliphatic carbocycles. The summed E-state index contributed by atoms with van der Waals surface area (Å²) >= 11 is 0. The normalized spacial score (nSPS) is 18.5. The maximum Gasteiger partial charge on any atom is 0.472 e. The highest BCUT2D eigenvalue weighted by atomic mass is 31.2. The van der Waals surface area contributed by atoms with Crippen LogP contribution in [0.4, 0.5) is 0 Å². The quantitative estimate of drug-likeness (QED) is 0.488. The molecule has 0 saturated carbocycles. The average molecular weight is 350 g/mol. The Balaban J connectivity index is 3.95. The minimum absolute atomic E-state index is 0.266. The molecule has 0 radical (unpaired) electrons. The van der Waals surface area contributed by atoms with Crippen LogP contribution < -0.4 is 0 Å². The number of hydrogen-bond acceptors (Lipinski definition) is 3. The molecule has 0 spiro atoms. The Hall–Kier alpha value is 0.110. The van der Waals surface area contributed by atoms with Crippen LogP contribution in [0.2, 0.25) is 0 Å². The Morgan fingerprint density at radius 2 is 1.13 bits per heavy atom. The van der Waals surface area contributed by atoms with E-state index in [0.717, 1.165) is 25.7 Å². The molecule has 2 unspecified atom stereocenters. The highest BCUT2D eigenvalue weighted by Gasteiger charge is 2.23. The van der Waals surface area contributed by atoms with E-state index in [4.69, 9.17) is 9.05 Å². The summed E-state index contributed by atoms with van der Waals surface area (Å²) in [6, 6.07) is 0. The van der Waals surface area contributed by atoms with E-state index in [1.54, 1.807) is 0 Å². The van der Waals surface area contributed by atoms with E-state index in [1.165, 1.54) is 0 Å². The lowest BCUT2D eigenvalue weighted by Crippen LogP contribution is -2.13. The number of rotatable bonds is 10. The number of phosphoric ester groups is 1. The van der Waals surface area contributed by atoms with E-state index < -0.39 is 7.82 Å². The maximum absolute atomic E-state index is 11.9. The predicted octanol–water partition coefficient (Wildman–Crippen LogP) is 6.04. The lowest BCUT2D eigenvalue weighted by Gasteiger charge is -2.24. The second kappa shape index (κ2) is 9.56. The summed E-state index contributed by atoms with van der Waals surface area (Å²) in [5, 5.41) is 0. The first-order valence-electron chi connectivity index (χ1n) is 8.82. The van der Waals surface area contributed by atoms with Crippen molar-refractivity contribution < 1.29 is 18.5 Å². The van der Waals surface area contributed by atoms with Gasteiger partial charge in [-0.15, -0.1) is 0 Å². The predicted molar refractivity (Wildman–Crippen MR) is 97.4 cm³/mol. The van der Waals surface area contributed by atoms with Crippen molar-refractivity contribution >= 4 is 7.82 Å². The first kappa shape index (κ1) is 23.1. The summed E-state index contributed by atoms with van der Waals surface area (Å²) in [4.78, 5) is 9.72. The number of phosphoric acid groups is 1. The standard InChI is InChI=1S/C18H39O4P/c1-15(13-17(3,4)5)9-11-21-23(19,20)22-12-10-16(2)14-18(6,7)8/h15-16H,9-14H2,1-8H3,(H,19,20). The van der Waals surface area contributed by atoms with E-state index in [9.17, 15) is 9.46 Å². The lowest BCUT2D eigenvalue weighted by molar-refractivity contribution is 0.131. The van der Waals surface area contributed by atoms with Crippen molar-refractivity contribution in [1.29, 1.82) is 0 Å². The molecule has 0 aromatic heterocycles. The summed E-state index contributed by atoms with van der Waals surface area (Å²) in [6.45, 7) is 18.0. The van der Waals surface area contributed by atoms with Crippen LogP contribution in [-0.2, 0) is 13.6 Å². The van der Waals surface area contributed by atoms with E-state index in [-0.39, 0.29) is 24.0 Å². The Bertz CT molecular complexity index is 336. The van der Waals surface area contributed by atoms with Crippen molar-refractivity contribution in [2.75, 3.05) is 13.2 Å². The van der Waals surface area contributed by atoms with Crippen LogP contribution in [-0.4, -0.2) is 18.1 Å². The molecule has 0 heterocycles. The Morgan fingerprint density at radius 3 is 1.39 bits per heavy atom. The highest BCUT2D eigenvalue weighted by Crippen LogP contribution is 2.44. The van der Waals surface area contributed by atoms with Gasteiger partial charge in [0.25, 0.3) is 0 Å². The van der Waals surface area contributed by atoms with Gasteiger partial charge in [-0.1, -0.05) is 55.4 Å². The van der Waals surface area contributed by atoms with Gasteiger partial charge in [0.05, 0.1) is 13.2 Å². The van der Waals surface area contributed by atoms with Gasteiger partial charge in [-0.3, -0.25) is 9.05 Å². The topological polar surface area (TPSA) is 55.8 Å². The van der Waals surface area contributed by atoms with E-state index >= 15 is 0 Å².